The van der Waals surface area contributed by atoms with Gasteiger partial charge in [0.05, 0.1) is 0 Å². The van der Waals surface area contributed by atoms with Crippen LogP contribution < -0.4 is 5.19 Å². The quantitative estimate of drug-likeness (QED) is 0.514. The van der Waals surface area contributed by atoms with Crippen LogP contribution in [0.3, 0.4) is 0 Å². The SMILES string of the molecule is CC#C[SiH](OCC)c1ccccc1. The average molecular weight is 190 g/mol. The molecular formula is C11H14OSi. The Kier molecular flexibility index (Phi) is 4.31. The molecule has 0 saturated carbocycles. The molecule has 0 fully saturated rings. The fourth-order valence-electron chi connectivity index (χ4n) is 1.15. The maximum atomic E-state index is 5.63. The predicted molar refractivity (Wildman–Crippen MR) is 58.3 cm³/mol. The highest BCUT2D eigenvalue weighted by atomic mass is 28.3. The highest BCUT2D eigenvalue weighted by molar-refractivity contribution is 6.75. The highest BCUT2D eigenvalue weighted by Crippen LogP contribution is 1.89. The van der Waals surface area contributed by atoms with Crippen molar-refractivity contribution in [3.63, 3.8) is 0 Å². The largest absolute Gasteiger partial charge is 0.405 e. The monoisotopic (exact) mass is 190 g/mol. The van der Waals surface area contributed by atoms with Gasteiger partial charge in [-0.05, 0) is 19.0 Å². The van der Waals surface area contributed by atoms with E-state index in [4.69, 9.17) is 4.43 Å². The highest BCUT2D eigenvalue weighted by Gasteiger charge is 2.09. The van der Waals surface area contributed by atoms with Crippen LogP contribution in [0.5, 0.6) is 0 Å². The maximum absolute atomic E-state index is 5.63. The van der Waals surface area contributed by atoms with Crippen LogP contribution in [0.15, 0.2) is 30.3 Å². The Morgan fingerprint density at radius 1 is 1.31 bits per heavy atom. The Balaban J connectivity index is 2.80. The minimum Gasteiger partial charge on any atom is -0.405 e. The van der Waals surface area contributed by atoms with Crippen LogP contribution in [0.25, 0.3) is 0 Å². The zero-order valence-corrected chi connectivity index (χ0v) is 9.23. The first-order valence-corrected chi connectivity index (χ1v) is 6.10. The van der Waals surface area contributed by atoms with Gasteiger partial charge in [-0.15, -0.1) is 5.92 Å². The molecule has 1 aromatic carbocycles. The second-order valence-corrected chi connectivity index (χ2v) is 4.69. The molecule has 0 aromatic heterocycles. The van der Waals surface area contributed by atoms with Crippen molar-refractivity contribution in [1.29, 1.82) is 0 Å². The summed E-state index contributed by atoms with van der Waals surface area (Å²) in [7, 11) is -1.45. The van der Waals surface area contributed by atoms with Crippen LogP contribution in [0, 0.1) is 11.5 Å². The molecule has 0 heterocycles. The molecule has 2 heteroatoms. The summed E-state index contributed by atoms with van der Waals surface area (Å²) in [6.45, 7) is 4.63. The van der Waals surface area contributed by atoms with Crippen LogP contribution in [0.1, 0.15) is 13.8 Å². The van der Waals surface area contributed by atoms with Gasteiger partial charge in [0.1, 0.15) is 0 Å². The first-order valence-electron chi connectivity index (χ1n) is 4.47. The third-order valence-corrected chi connectivity index (χ3v) is 3.92. The predicted octanol–water partition coefficient (Wildman–Crippen LogP) is 1.22. The Morgan fingerprint density at radius 3 is 2.54 bits per heavy atom. The summed E-state index contributed by atoms with van der Waals surface area (Å²) in [5.74, 6) is 2.94. The van der Waals surface area contributed by atoms with Gasteiger partial charge >= 0.3 is 0 Å². The number of hydrogen-bond donors (Lipinski definition) is 0. The molecule has 0 radical (unpaired) electrons. The third-order valence-electron chi connectivity index (χ3n) is 1.71. The lowest BCUT2D eigenvalue weighted by Crippen LogP contribution is -2.32. The molecule has 0 aliphatic rings. The minimum absolute atomic E-state index is 0.750. The third kappa shape index (κ3) is 3.06. The van der Waals surface area contributed by atoms with E-state index in [9.17, 15) is 0 Å². The van der Waals surface area contributed by atoms with Gasteiger partial charge < -0.3 is 4.43 Å². The van der Waals surface area contributed by atoms with Gasteiger partial charge in [-0.1, -0.05) is 35.9 Å². The van der Waals surface area contributed by atoms with Gasteiger partial charge in [-0.3, -0.25) is 0 Å². The number of hydrogen-bond acceptors (Lipinski definition) is 1. The van der Waals surface area contributed by atoms with E-state index < -0.39 is 9.04 Å². The van der Waals surface area contributed by atoms with E-state index in [2.05, 4.69) is 23.6 Å². The standard InChI is InChI=1S/C11H14OSi/c1-3-10-13(12-4-2)11-8-6-5-7-9-11/h5-9,13H,4H2,1-2H3. The lowest BCUT2D eigenvalue weighted by atomic mass is 10.4. The summed E-state index contributed by atoms with van der Waals surface area (Å²) in [5, 5.41) is 1.26. The molecule has 68 valence electrons. The van der Waals surface area contributed by atoms with Gasteiger partial charge in [-0.2, -0.15) is 0 Å². The van der Waals surface area contributed by atoms with Crippen LogP contribution in [0.4, 0.5) is 0 Å². The molecule has 1 atom stereocenters. The van der Waals surface area contributed by atoms with E-state index in [1.54, 1.807) is 0 Å². The second kappa shape index (κ2) is 5.58. The molecular weight excluding hydrogens is 176 g/mol. The molecule has 0 amide bonds. The normalized spacial score (nSPS) is 11.5. The molecule has 13 heavy (non-hydrogen) atoms. The summed E-state index contributed by atoms with van der Waals surface area (Å²) in [6, 6.07) is 10.3. The van der Waals surface area contributed by atoms with E-state index in [1.165, 1.54) is 5.19 Å². The summed E-state index contributed by atoms with van der Waals surface area (Å²) in [5.41, 5.74) is 3.17. The number of rotatable bonds is 3. The average Bonchev–Trinajstić information content (AvgIpc) is 2.19. The molecule has 0 aliphatic heterocycles. The molecule has 0 N–H and O–H groups in total. The minimum atomic E-state index is -1.45. The first-order chi connectivity index (χ1) is 6.38. The van der Waals surface area contributed by atoms with Crippen molar-refractivity contribution >= 4 is 14.2 Å². The summed E-state index contributed by atoms with van der Waals surface area (Å²) in [4.78, 5) is 0. The molecule has 1 unspecified atom stereocenters. The van der Waals surface area contributed by atoms with E-state index in [1.807, 2.05) is 32.0 Å². The molecule has 0 saturated heterocycles. The van der Waals surface area contributed by atoms with Crippen molar-refractivity contribution in [3.05, 3.63) is 30.3 Å². The van der Waals surface area contributed by atoms with Gasteiger partial charge in [0.25, 0.3) is 9.04 Å². The van der Waals surface area contributed by atoms with Crippen LogP contribution in [-0.4, -0.2) is 15.6 Å². The molecule has 0 bridgehead atoms. The van der Waals surface area contributed by atoms with Crippen LogP contribution in [0.2, 0.25) is 0 Å². The molecule has 1 nitrogen and oxygen atoms in total. The van der Waals surface area contributed by atoms with Crippen LogP contribution in [-0.2, 0) is 4.43 Å². The molecule has 1 rings (SSSR count). The maximum Gasteiger partial charge on any atom is 0.288 e. The lowest BCUT2D eigenvalue weighted by Gasteiger charge is -2.08. The van der Waals surface area contributed by atoms with Gasteiger partial charge in [-0.25, -0.2) is 0 Å². The van der Waals surface area contributed by atoms with E-state index in [0.29, 0.717) is 0 Å². The Morgan fingerprint density at radius 2 is 2.00 bits per heavy atom. The van der Waals surface area contributed by atoms with Crippen molar-refractivity contribution in [2.75, 3.05) is 6.61 Å². The fraction of sp³-hybridized carbons (Fsp3) is 0.273. The summed E-state index contributed by atoms with van der Waals surface area (Å²) >= 11 is 0. The van der Waals surface area contributed by atoms with Gasteiger partial charge in [0, 0.05) is 6.61 Å². The lowest BCUT2D eigenvalue weighted by molar-refractivity contribution is 0.358. The fourth-order valence-corrected chi connectivity index (χ4v) is 2.76. The zero-order chi connectivity index (χ0) is 9.52. The van der Waals surface area contributed by atoms with Crippen LogP contribution >= 0.6 is 0 Å². The van der Waals surface area contributed by atoms with Crippen molar-refractivity contribution in [2.45, 2.75) is 13.8 Å². The van der Waals surface area contributed by atoms with Crippen molar-refractivity contribution in [2.24, 2.45) is 0 Å². The topological polar surface area (TPSA) is 9.23 Å². The van der Waals surface area contributed by atoms with E-state index in [-0.39, 0.29) is 0 Å². The van der Waals surface area contributed by atoms with Gasteiger partial charge in [0.15, 0.2) is 0 Å². The van der Waals surface area contributed by atoms with Crippen molar-refractivity contribution in [1.82, 2.24) is 0 Å². The zero-order valence-electron chi connectivity index (χ0n) is 8.08. The summed E-state index contributed by atoms with van der Waals surface area (Å²) in [6.07, 6.45) is 0. The van der Waals surface area contributed by atoms with Gasteiger partial charge in [0.2, 0.25) is 0 Å². The Bertz CT molecular complexity index is 297. The Hall–Kier alpha value is -1.04. The van der Waals surface area contributed by atoms with E-state index in [0.717, 1.165) is 6.61 Å². The Labute approximate surface area is 81.5 Å². The van der Waals surface area contributed by atoms with Crippen molar-refractivity contribution in [3.8, 4) is 11.5 Å². The number of benzene rings is 1. The molecule has 0 spiro atoms. The second-order valence-electron chi connectivity index (χ2n) is 2.64. The van der Waals surface area contributed by atoms with Crippen molar-refractivity contribution < 1.29 is 4.43 Å². The smallest absolute Gasteiger partial charge is 0.288 e. The molecule has 0 aliphatic carbocycles. The first kappa shape index (κ1) is 10.0. The summed E-state index contributed by atoms with van der Waals surface area (Å²) < 4.78 is 5.63. The molecule has 1 aromatic rings. The van der Waals surface area contributed by atoms with E-state index >= 15 is 0 Å².